The molecule has 110 valence electrons. The SMILES string of the molecule is NCCc1ccc(C(=O)Nc2cnn(CC(=O)O)c2)cc1. The number of hydrogen-bond donors (Lipinski definition) is 3. The minimum atomic E-state index is -0.994. The van der Waals surface area contributed by atoms with E-state index < -0.39 is 5.97 Å². The average Bonchev–Trinajstić information content (AvgIpc) is 2.86. The van der Waals surface area contributed by atoms with Crippen LogP contribution < -0.4 is 11.1 Å². The average molecular weight is 288 g/mol. The fraction of sp³-hybridized carbons (Fsp3) is 0.214. The summed E-state index contributed by atoms with van der Waals surface area (Å²) in [4.78, 5) is 22.6. The van der Waals surface area contributed by atoms with Gasteiger partial charge in [0.15, 0.2) is 0 Å². The molecule has 0 unspecified atom stereocenters. The number of nitrogens with one attached hydrogen (secondary N) is 1. The van der Waals surface area contributed by atoms with Gasteiger partial charge in [0.05, 0.1) is 11.9 Å². The maximum atomic E-state index is 12.0. The van der Waals surface area contributed by atoms with Crippen LogP contribution in [0.3, 0.4) is 0 Å². The van der Waals surface area contributed by atoms with E-state index in [2.05, 4.69) is 10.4 Å². The van der Waals surface area contributed by atoms with Crippen LogP contribution in [0, 0.1) is 0 Å². The van der Waals surface area contributed by atoms with Crippen LogP contribution in [0.5, 0.6) is 0 Å². The molecule has 0 bridgehead atoms. The van der Waals surface area contributed by atoms with Gasteiger partial charge in [-0.15, -0.1) is 0 Å². The number of benzene rings is 1. The third-order valence-corrected chi connectivity index (χ3v) is 2.84. The third kappa shape index (κ3) is 4.15. The number of carbonyl (C=O) groups excluding carboxylic acids is 1. The number of carboxylic acid groups (broad SMARTS) is 1. The van der Waals surface area contributed by atoms with Gasteiger partial charge in [-0.1, -0.05) is 12.1 Å². The maximum absolute atomic E-state index is 12.0. The van der Waals surface area contributed by atoms with Crippen molar-refractivity contribution in [3.63, 3.8) is 0 Å². The molecule has 2 rings (SSSR count). The first-order valence-electron chi connectivity index (χ1n) is 6.43. The van der Waals surface area contributed by atoms with E-state index in [9.17, 15) is 9.59 Å². The molecular formula is C14H16N4O3. The molecule has 1 aromatic heterocycles. The van der Waals surface area contributed by atoms with Gasteiger partial charge in [-0.05, 0) is 30.7 Å². The number of rotatable bonds is 6. The van der Waals surface area contributed by atoms with Crippen LogP contribution in [0.15, 0.2) is 36.7 Å². The van der Waals surface area contributed by atoms with E-state index in [-0.39, 0.29) is 12.5 Å². The number of aromatic nitrogens is 2. The van der Waals surface area contributed by atoms with E-state index in [1.807, 2.05) is 12.1 Å². The summed E-state index contributed by atoms with van der Waals surface area (Å²) in [5, 5.41) is 15.2. The fourth-order valence-corrected chi connectivity index (χ4v) is 1.85. The molecule has 21 heavy (non-hydrogen) atoms. The zero-order valence-corrected chi connectivity index (χ0v) is 11.3. The summed E-state index contributed by atoms with van der Waals surface area (Å²) in [6, 6.07) is 7.16. The van der Waals surface area contributed by atoms with E-state index in [1.165, 1.54) is 17.1 Å². The number of aliphatic carboxylic acids is 1. The molecule has 0 aliphatic carbocycles. The predicted octanol–water partition coefficient (Wildman–Crippen LogP) is 0.721. The number of anilines is 1. The number of carbonyl (C=O) groups is 2. The summed E-state index contributed by atoms with van der Waals surface area (Å²) < 4.78 is 1.24. The molecule has 0 radical (unpaired) electrons. The molecule has 1 heterocycles. The van der Waals surface area contributed by atoms with Gasteiger partial charge in [0, 0.05) is 11.8 Å². The normalized spacial score (nSPS) is 10.3. The van der Waals surface area contributed by atoms with Gasteiger partial charge >= 0.3 is 5.97 Å². The molecular weight excluding hydrogens is 272 g/mol. The summed E-state index contributed by atoms with van der Waals surface area (Å²) in [6.45, 7) is 0.317. The molecule has 0 fully saturated rings. The topological polar surface area (TPSA) is 110 Å². The van der Waals surface area contributed by atoms with Crippen molar-refractivity contribution in [2.24, 2.45) is 5.73 Å². The molecule has 7 heteroatoms. The lowest BCUT2D eigenvalue weighted by molar-refractivity contribution is -0.137. The Morgan fingerprint density at radius 3 is 2.62 bits per heavy atom. The van der Waals surface area contributed by atoms with Crippen molar-refractivity contribution in [2.45, 2.75) is 13.0 Å². The number of hydrogen-bond acceptors (Lipinski definition) is 4. The first-order chi connectivity index (χ1) is 10.1. The van der Waals surface area contributed by atoms with Crippen LogP contribution in [0.4, 0.5) is 5.69 Å². The van der Waals surface area contributed by atoms with E-state index in [4.69, 9.17) is 10.8 Å². The fourth-order valence-electron chi connectivity index (χ4n) is 1.85. The highest BCUT2D eigenvalue weighted by Crippen LogP contribution is 2.10. The number of carboxylic acids is 1. The van der Waals surface area contributed by atoms with Crippen LogP contribution in [-0.2, 0) is 17.8 Å². The Labute approximate surface area is 121 Å². The zero-order chi connectivity index (χ0) is 15.2. The van der Waals surface area contributed by atoms with Crippen LogP contribution in [0.2, 0.25) is 0 Å². The van der Waals surface area contributed by atoms with Crippen molar-refractivity contribution >= 4 is 17.6 Å². The van der Waals surface area contributed by atoms with Gasteiger partial charge in [0.1, 0.15) is 6.54 Å². The quantitative estimate of drug-likeness (QED) is 0.725. The third-order valence-electron chi connectivity index (χ3n) is 2.84. The van der Waals surface area contributed by atoms with Crippen molar-refractivity contribution in [1.82, 2.24) is 9.78 Å². The van der Waals surface area contributed by atoms with Crippen LogP contribution >= 0.6 is 0 Å². The molecule has 0 aliphatic rings. The second-order valence-corrected chi connectivity index (χ2v) is 4.51. The Morgan fingerprint density at radius 2 is 2.00 bits per heavy atom. The molecule has 1 aromatic carbocycles. The summed E-state index contributed by atoms with van der Waals surface area (Å²) in [6.07, 6.45) is 3.64. The predicted molar refractivity (Wildman–Crippen MR) is 77.0 cm³/mol. The zero-order valence-electron chi connectivity index (χ0n) is 11.3. The van der Waals surface area contributed by atoms with Crippen molar-refractivity contribution in [1.29, 1.82) is 0 Å². The molecule has 1 amide bonds. The molecule has 7 nitrogen and oxygen atoms in total. The highest BCUT2D eigenvalue weighted by molar-refractivity contribution is 6.04. The molecule has 0 saturated heterocycles. The van der Waals surface area contributed by atoms with Crippen LogP contribution in [0.25, 0.3) is 0 Å². The van der Waals surface area contributed by atoms with Crippen molar-refractivity contribution < 1.29 is 14.7 Å². The van der Waals surface area contributed by atoms with Crippen molar-refractivity contribution in [3.05, 3.63) is 47.8 Å². The van der Waals surface area contributed by atoms with Crippen LogP contribution in [-0.4, -0.2) is 33.3 Å². The van der Waals surface area contributed by atoms with Crippen molar-refractivity contribution in [2.75, 3.05) is 11.9 Å². The van der Waals surface area contributed by atoms with E-state index in [1.54, 1.807) is 12.1 Å². The minimum absolute atomic E-state index is 0.246. The maximum Gasteiger partial charge on any atom is 0.325 e. The molecule has 0 aliphatic heterocycles. The smallest absolute Gasteiger partial charge is 0.325 e. The Kier molecular flexibility index (Phi) is 4.68. The van der Waals surface area contributed by atoms with Gasteiger partial charge in [-0.25, -0.2) is 0 Å². The van der Waals surface area contributed by atoms with E-state index >= 15 is 0 Å². The number of nitrogens with two attached hydrogens (primary N) is 1. The number of nitrogens with zero attached hydrogens (tertiary/aromatic N) is 2. The van der Waals surface area contributed by atoms with Gasteiger partial charge < -0.3 is 16.2 Å². The van der Waals surface area contributed by atoms with Gasteiger partial charge in [-0.3, -0.25) is 14.3 Å². The van der Waals surface area contributed by atoms with Gasteiger partial charge in [-0.2, -0.15) is 5.10 Å². The van der Waals surface area contributed by atoms with Gasteiger partial charge in [0.2, 0.25) is 0 Å². The molecule has 0 spiro atoms. The molecule has 0 atom stereocenters. The minimum Gasteiger partial charge on any atom is -0.480 e. The van der Waals surface area contributed by atoms with Crippen LogP contribution in [0.1, 0.15) is 15.9 Å². The molecule has 2 aromatic rings. The molecule has 0 saturated carbocycles. The number of amides is 1. The lowest BCUT2D eigenvalue weighted by atomic mass is 10.1. The summed E-state index contributed by atoms with van der Waals surface area (Å²) in [5.41, 5.74) is 7.51. The Balaban J connectivity index is 2.00. The highest BCUT2D eigenvalue weighted by Gasteiger charge is 2.08. The lowest BCUT2D eigenvalue weighted by Crippen LogP contribution is -2.12. The van der Waals surface area contributed by atoms with E-state index in [0.717, 1.165) is 12.0 Å². The van der Waals surface area contributed by atoms with Gasteiger partial charge in [0.25, 0.3) is 5.91 Å². The Bertz CT molecular complexity index is 634. The first kappa shape index (κ1) is 14.7. The van der Waals surface area contributed by atoms with Crippen molar-refractivity contribution in [3.8, 4) is 0 Å². The summed E-state index contributed by atoms with van der Waals surface area (Å²) >= 11 is 0. The summed E-state index contributed by atoms with van der Waals surface area (Å²) in [5.74, 6) is -1.27. The monoisotopic (exact) mass is 288 g/mol. The first-order valence-corrected chi connectivity index (χ1v) is 6.43. The largest absolute Gasteiger partial charge is 0.480 e. The second kappa shape index (κ2) is 6.67. The lowest BCUT2D eigenvalue weighted by Gasteiger charge is -2.04. The summed E-state index contributed by atoms with van der Waals surface area (Å²) in [7, 11) is 0. The Morgan fingerprint density at radius 1 is 1.29 bits per heavy atom. The standard InChI is InChI=1S/C14H16N4O3/c15-6-5-10-1-3-11(4-2-10)14(21)17-12-7-16-18(8-12)9-13(19)20/h1-4,7-8H,5-6,9,15H2,(H,17,21)(H,19,20). The highest BCUT2D eigenvalue weighted by atomic mass is 16.4. The van der Waals surface area contributed by atoms with E-state index in [0.29, 0.717) is 17.8 Å². The molecule has 4 N–H and O–H groups in total. The second-order valence-electron chi connectivity index (χ2n) is 4.51. The Hall–Kier alpha value is -2.67.